The zero-order chi connectivity index (χ0) is 25.2. The lowest BCUT2D eigenvalue weighted by Crippen LogP contribution is -2.11. The Morgan fingerprint density at radius 1 is 0.735 bits per heavy atom. The van der Waals surface area contributed by atoms with E-state index in [2.05, 4.69) is 36.6 Å². The first kappa shape index (κ1) is 33.7. The molecule has 2 aromatic carbocycles. The van der Waals surface area contributed by atoms with Crippen LogP contribution in [0.1, 0.15) is 62.3 Å². The van der Waals surface area contributed by atoms with Crippen molar-refractivity contribution in [1.29, 1.82) is 0 Å². The van der Waals surface area contributed by atoms with Crippen LogP contribution >= 0.6 is 31.9 Å². The third-order valence-electron chi connectivity index (χ3n) is 3.44. The maximum Gasteiger partial charge on any atom is 0.338 e. The molecule has 0 aromatic heterocycles. The third-order valence-corrected chi connectivity index (χ3v) is 4.43. The lowest BCUT2D eigenvalue weighted by Gasteiger charge is -2.01. The van der Waals surface area contributed by atoms with Crippen LogP contribution in [-0.4, -0.2) is 43.5 Å². The predicted octanol–water partition coefficient (Wildman–Crippen LogP) is 6.42. The number of halogens is 2. The van der Waals surface area contributed by atoms with E-state index in [9.17, 15) is 19.2 Å². The summed E-state index contributed by atoms with van der Waals surface area (Å²) in [6.45, 7) is 7.85. The van der Waals surface area contributed by atoms with Crippen LogP contribution in [0.4, 0.5) is 0 Å². The highest BCUT2D eigenvalue weighted by atomic mass is 79.9. The normalized spacial score (nSPS) is 9.00. The Balaban J connectivity index is 0. The van der Waals surface area contributed by atoms with E-state index in [1.54, 1.807) is 57.2 Å². The van der Waals surface area contributed by atoms with E-state index in [1.165, 1.54) is 6.92 Å². The monoisotopic (exact) mass is 602 g/mol. The van der Waals surface area contributed by atoms with Crippen LogP contribution in [0.5, 0.6) is 0 Å². The first-order chi connectivity index (χ1) is 15.6. The zero-order valence-corrected chi connectivity index (χ0v) is 22.2. The molecule has 9 heteroatoms. The van der Waals surface area contributed by atoms with Gasteiger partial charge in [0, 0.05) is 21.4 Å². The van der Waals surface area contributed by atoms with Gasteiger partial charge in [-0.3, -0.25) is 14.4 Å². The van der Waals surface area contributed by atoms with Crippen molar-refractivity contribution >= 4 is 55.6 Å². The average molecular weight is 604 g/mol. The molecule has 34 heavy (non-hydrogen) atoms. The molecular formula is C25H32Br2O7. The van der Waals surface area contributed by atoms with Gasteiger partial charge >= 0.3 is 17.9 Å². The molecule has 188 valence electrons. The average Bonchev–Trinajstić information content (AvgIpc) is 2.75. The van der Waals surface area contributed by atoms with Gasteiger partial charge in [-0.05, 0) is 51.1 Å². The van der Waals surface area contributed by atoms with Crippen molar-refractivity contribution in [3.05, 3.63) is 68.6 Å². The van der Waals surface area contributed by atoms with Crippen LogP contribution in [0.15, 0.2) is 57.5 Å². The molecule has 2 aromatic rings. The van der Waals surface area contributed by atoms with Gasteiger partial charge in [0.05, 0.1) is 25.4 Å². The van der Waals surface area contributed by atoms with Crippen LogP contribution in [0, 0.1) is 0 Å². The first-order valence-corrected chi connectivity index (χ1v) is 11.7. The van der Waals surface area contributed by atoms with Gasteiger partial charge in [0.1, 0.15) is 6.42 Å². The van der Waals surface area contributed by atoms with Gasteiger partial charge < -0.3 is 14.2 Å². The number of benzene rings is 2. The summed E-state index contributed by atoms with van der Waals surface area (Å²) in [5.41, 5.74) is 1.09. The molecule has 0 unspecified atom stereocenters. The van der Waals surface area contributed by atoms with Crippen LogP contribution in [0.25, 0.3) is 0 Å². The van der Waals surface area contributed by atoms with Gasteiger partial charge in [-0.2, -0.15) is 0 Å². The quantitative estimate of drug-likeness (QED) is 0.156. The van der Waals surface area contributed by atoms with Gasteiger partial charge in [-0.15, -0.1) is 0 Å². The van der Waals surface area contributed by atoms with Crippen LogP contribution in [0.3, 0.4) is 0 Å². The zero-order valence-electron chi connectivity index (χ0n) is 19.1. The number of hydrogen-bond donors (Lipinski definition) is 0. The fourth-order valence-electron chi connectivity index (χ4n) is 2.14. The Kier molecular flexibility index (Phi) is 19.7. The van der Waals surface area contributed by atoms with E-state index < -0.39 is 5.97 Å². The number of carbonyl (C=O) groups excluding carboxylic acids is 4. The highest BCUT2D eigenvalue weighted by Gasteiger charge is 2.12. The Hall–Kier alpha value is -2.52. The minimum atomic E-state index is -0.484. The van der Waals surface area contributed by atoms with Gasteiger partial charge in [0.15, 0.2) is 5.78 Å². The highest BCUT2D eigenvalue weighted by Crippen LogP contribution is 2.13. The van der Waals surface area contributed by atoms with E-state index in [-0.39, 0.29) is 31.6 Å². The molecule has 0 spiro atoms. The fraction of sp³-hybridized carbons (Fsp3) is 0.360. The van der Waals surface area contributed by atoms with E-state index in [1.807, 2.05) is 12.1 Å². The molecule has 0 saturated heterocycles. The molecule has 0 saturated carbocycles. The molecule has 0 fully saturated rings. The standard InChI is InChI=1S/C11H11BrO3.C9H9BrO2.C4H8O2.CH4/c1-2-15-11(14)7-10(13)8-4-3-5-9(12)6-8;1-2-12-9(11)7-4-3-5-8(10)6-7;1-3-6-4(2)5;/h3-6H,2,7H2,1H3;3-6H,2H2,1H3;3H2,1-2H3;1H4. The molecular weight excluding hydrogens is 572 g/mol. The van der Waals surface area contributed by atoms with Gasteiger partial charge in [-0.25, -0.2) is 4.79 Å². The second kappa shape index (κ2) is 19.9. The SMILES string of the molecule is C.CCOC(=O)CC(=O)c1cccc(Br)c1.CCOC(=O)c1cccc(Br)c1.CCOC(C)=O. The minimum absolute atomic E-state index is 0. The van der Waals surface area contributed by atoms with E-state index in [4.69, 9.17) is 9.47 Å². The smallest absolute Gasteiger partial charge is 0.338 e. The number of rotatable bonds is 7. The summed E-state index contributed by atoms with van der Waals surface area (Å²) in [6, 6.07) is 14.1. The van der Waals surface area contributed by atoms with Gasteiger partial charge in [-0.1, -0.05) is 57.5 Å². The fourth-order valence-corrected chi connectivity index (χ4v) is 2.94. The van der Waals surface area contributed by atoms with Crippen molar-refractivity contribution in [3.63, 3.8) is 0 Å². The lowest BCUT2D eigenvalue weighted by atomic mass is 10.1. The minimum Gasteiger partial charge on any atom is -0.466 e. The summed E-state index contributed by atoms with van der Waals surface area (Å²) < 4.78 is 15.6. The second-order valence-corrected chi connectivity index (χ2v) is 7.90. The predicted molar refractivity (Wildman–Crippen MR) is 139 cm³/mol. The Labute approximate surface area is 218 Å². The summed E-state index contributed by atoms with van der Waals surface area (Å²) in [7, 11) is 0. The topological polar surface area (TPSA) is 96.0 Å². The second-order valence-electron chi connectivity index (χ2n) is 6.07. The summed E-state index contributed by atoms with van der Waals surface area (Å²) in [6.07, 6.45) is -0.204. The molecule has 0 atom stereocenters. The van der Waals surface area contributed by atoms with Crippen molar-refractivity contribution < 1.29 is 33.4 Å². The van der Waals surface area contributed by atoms with Crippen molar-refractivity contribution in [2.24, 2.45) is 0 Å². The van der Waals surface area contributed by atoms with E-state index >= 15 is 0 Å². The van der Waals surface area contributed by atoms with Crippen molar-refractivity contribution in [2.45, 2.75) is 41.5 Å². The molecule has 0 aliphatic rings. The van der Waals surface area contributed by atoms with Gasteiger partial charge in [0.25, 0.3) is 0 Å². The molecule has 0 amide bonds. The molecule has 0 N–H and O–H groups in total. The number of ketones is 1. The van der Waals surface area contributed by atoms with Crippen molar-refractivity contribution in [3.8, 4) is 0 Å². The van der Waals surface area contributed by atoms with Crippen LogP contribution < -0.4 is 0 Å². The number of carbonyl (C=O) groups is 4. The van der Waals surface area contributed by atoms with E-state index in [0.29, 0.717) is 30.9 Å². The Morgan fingerprint density at radius 3 is 1.62 bits per heavy atom. The third kappa shape index (κ3) is 16.1. The number of esters is 3. The molecule has 0 bridgehead atoms. The Morgan fingerprint density at radius 2 is 1.21 bits per heavy atom. The molecule has 7 nitrogen and oxygen atoms in total. The van der Waals surface area contributed by atoms with Gasteiger partial charge in [0.2, 0.25) is 0 Å². The van der Waals surface area contributed by atoms with Crippen LogP contribution in [-0.2, 0) is 23.8 Å². The molecule has 2 rings (SSSR count). The summed E-state index contributed by atoms with van der Waals surface area (Å²) in [5, 5.41) is 0. The van der Waals surface area contributed by atoms with Crippen molar-refractivity contribution in [2.75, 3.05) is 19.8 Å². The number of hydrogen-bond acceptors (Lipinski definition) is 7. The highest BCUT2D eigenvalue weighted by molar-refractivity contribution is 9.10. The summed E-state index contributed by atoms with van der Waals surface area (Å²) >= 11 is 6.53. The maximum atomic E-state index is 11.6. The molecule has 0 radical (unpaired) electrons. The lowest BCUT2D eigenvalue weighted by molar-refractivity contribution is -0.142. The molecule has 0 aliphatic heterocycles. The molecule has 0 aliphatic carbocycles. The first-order valence-electron chi connectivity index (χ1n) is 10.1. The Bertz CT molecular complexity index is 914. The van der Waals surface area contributed by atoms with E-state index in [0.717, 1.165) is 8.95 Å². The maximum absolute atomic E-state index is 11.6. The summed E-state index contributed by atoms with van der Waals surface area (Å²) in [5.74, 6) is -1.20. The number of Topliss-reactive ketones (excluding diaryl/α,β-unsaturated/α-hetero) is 1. The summed E-state index contributed by atoms with van der Waals surface area (Å²) in [4.78, 5) is 43.6. The molecule has 0 heterocycles. The van der Waals surface area contributed by atoms with Crippen molar-refractivity contribution in [1.82, 2.24) is 0 Å². The largest absolute Gasteiger partial charge is 0.466 e. The van der Waals surface area contributed by atoms with Crippen LogP contribution in [0.2, 0.25) is 0 Å². The number of ether oxygens (including phenoxy) is 3.